The number of rotatable bonds is 8. The summed E-state index contributed by atoms with van der Waals surface area (Å²) in [5.41, 5.74) is 3.26. The lowest BCUT2D eigenvalue weighted by Gasteiger charge is -2.35. The molecule has 0 radical (unpaired) electrons. The first-order chi connectivity index (χ1) is 14.1. The van der Waals surface area contributed by atoms with E-state index in [1.165, 1.54) is 18.1 Å². The van der Waals surface area contributed by atoms with Gasteiger partial charge in [-0.25, -0.2) is 13.8 Å². The van der Waals surface area contributed by atoms with Gasteiger partial charge in [0, 0.05) is 37.1 Å². The third-order valence-electron chi connectivity index (χ3n) is 6.17. The molecule has 2 aliphatic heterocycles. The average Bonchev–Trinajstić information content (AvgIpc) is 3.24. The Bertz CT molecular complexity index is 753. The summed E-state index contributed by atoms with van der Waals surface area (Å²) < 4.78 is 27.7. The number of hydrogen-bond acceptors (Lipinski definition) is 4. The zero-order chi connectivity index (χ0) is 20.1. The molecule has 0 bridgehead atoms. The summed E-state index contributed by atoms with van der Waals surface area (Å²) >= 11 is 0. The number of aromatic nitrogens is 1. The summed E-state index contributed by atoms with van der Waals surface area (Å²) in [6.07, 6.45) is 11.7. The zero-order valence-electron chi connectivity index (χ0n) is 17.1. The van der Waals surface area contributed by atoms with Gasteiger partial charge in [-0.3, -0.25) is 0 Å². The Morgan fingerprint density at radius 2 is 2.10 bits per heavy atom. The molecule has 1 saturated heterocycles. The molecule has 1 aromatic rings. The Morgan fingerprint density at radius 3 is 2.93 bits per heavy atom. The van der Waals surface area contributed by atoms with E-state index in [2.05, 4.69) is 27.7 Å². The maximum absolute atomic E-state index is 13.9. The van der Waals surface area contributed by atoms with Crippen LogP contribution in [0.25, 0.3) is 0 Å². The van der Waals surface area contributed by atoms with E-state index in [0.29, 0.717) is 6.04 Å². The molecule has 0 spiro atoms. The highest BCUT2D eigenvalue weighted by molar-refractivity contribution is 5.47. The molecule has 0 aromatic carbocycles. The Labute approximate surface area is 172 Å². The smallest absolute Gasteiger partial charge is 0.272 e. The number of halogens is 2. The lowest BCUT2D eigenvalue weighted by Crippen LogP contribution is -2.39. The van der Waals surface area contributed by atoms with Crippen molar-refractivity contribution in [1.29, 1.82) is 0 Å². The van der Waals surface area contributed by atoms with Crippen molar-refractivity contribution in [2.75, 3.05) is 31.5 Å². The lowest BCUT2D eigenvalue weighted by molar-refractivity contribution is 0.0428. The van der Waals surface area contributed by atoms with E-state index in [-0.39, 0.29) is 6.42 Å². The van der Waals surface area contributed by atoms with Crippen LogP contribution in [0, 0.1) is 0 Å². The van der Waals surface area contributed by atoms with Gasteiger partial charge in [0.2, 0.25) is 0 Å². The molecule has 4 nitrogen and oxygen atoms in total. The number of anilines is 1. The van der Waals surface area contributed by atoms with Crippen LogP contribution in [-0.4, -0.2) is 48.0 Å². The summed E-state index contributed by atoms with van der Waals surface area (Å²) in [5, 5.41) is 6.77. The van der Waals surface area contributed by atoms with Crippen molar-refractivity contribution in [1.82, 2.24) is 15.2 Å². The average molecular weight is 403 g/mol. The fraction of sp³-hybridized carbons (Fsp3) is 0.609. The first-order valence-electron chi connectivity index (χ1n) is 11.1. The Hall–Kier alpha value is -1.95. The van der Waals surface area contributed by atoms with Crippen LogP contribution in [0.2, 0.25) is 0 Å². The minimum absolute atomic E-state index is 0.175. The molecule has 0 saturated carbocycles. The first-order valence-corrected chi connectivity index (χ1v) is 11.1. The summed E-state index contributed by atoms with van der Waals surface area (Å²) in [7, 11) is 0. The maximum atomic E-state index is 13.9. The number of hydrogen-bond donors (Lipinski definition) is 2. The highest BCUT2D eigenvalue weighted by atomic mass is 19.3. The van der Waals surface area contributed by atoms with Gasteiger partial charge in [-0.15, -0.1) is 0 Å². The number of pyridine rings is 1. The van der Waals surface area contributed by atoms with E-state index < -0.39 is 5.92 Å². The molecule has 1 aliphatic carbocycles. The monoisotopic (exact) mass is 402 g/mol. The Morgan fingerprint density at radius 1 is 1.17 bits per heavy atom. The molecule has 0 amide bonds. The molecule has 2 N–H and O–H groups in total. The molecular weight excluding hydrogens is 370 g/mol. The number of nitrogens with zero attached hydrogens (tertiary/aromatic N) is 2. The standard InChI is InChI=1S/C23H32F2N4/c24-23(25)12-4-8-20(16-23)29(21-11-14-26-17-21)15-3-1-2-7-19-10-9-18-6-5-13-27-22(18)28-19/h4,8-10,12,21,26H,1-3,5-7,11,13-17H2,(H,27,28)/t21-/m0/s1. The first kappa shape index (κ1) is 20.3. The molecule has 3 aliphatic rings. The quantitative estimate of drug-likeness (QED) is 0.636. The maximum Gasteiger partial charge on any atom is 0.272 e. The molecule has 1 atom stereocenters. The normalized spacial score (nSPS) is 22.7. The number of unbranched alkanes of at least 4 members (excludes halogenated alkanes) is 2. The van der Waals surface area contributed by atoms with Gasteiger partial charge in [0.05, 0.1) is 6.42 Å². The van der Waals surface area contributed by atoms with Crippen LogP contribution in [0.1, 0.15) is 49.8 Å². The predicted octanol–water partition coefficient (Wildman–Crippen LogP) is 4.30. The Kier molecular flexibility index (Phi) is 6.48. The number of alkyl halides is 2. The van der Waals surface area contributed by atoms with Crippen molar-refractivity contribution >= 4 is 5.82 Å². The van der Waals surface area contributed by atoms with Crippen molar-refractivity contribution in [2.45, 2.75) is 63.3 Å². The van der Waals surface area contributed by atoms with E-state index >= 15 is 0 Å². The van der Waals surface area contributed by atoms with Gasteiger partial charge in [0.25, 0.3) is 5.92 Å². The van der Waals surface area contributed by atoms with Gasteiger partial charge in [0.15, 0.2) is 0 Å². The second kappa shape index (κ2) is 9.24. The summed E-state index contributed by atoms with van der Waals surface area (Å²) in [6.45, 7) is 3.72. The van der Waals surface area contributed by atoms with Crippen molar-refractivity contribution in [2.24, 2.45) is 0 Å². The highest BCUT2D eigenvalue weighted by Crippen LogP contribution is 2.32. The van der Waals surface area contributed by atoms with Crippen LogP contribution in [0.4, 0.5) is 14.6 Å². The predicted molar refractivity (Wildman–Crippen MR) is 113 cm³/mol. The van der Waals surface area contributed by atoms with E-state index in [0.717, 1.165) is 88.0 Å². The summed E-state index contributed by atoms with van der Waals surface area (Å²) in [5.74, 6) is -1.66. The minimum Gasteiger partial charge on any atom is -0.370 e. The van der Waals surface area contributed by atoms with Gasteiger partial charge in [0.1, 0.15) is 5.82 Å². The van der Waals surface area contributed by atoms with Gasteiger partial charge >= 0.3 is 0 Å². The molecule has 6 heteroatoms. The van der Waals surface area contributed by atoms with Gasteiger partial charge < -0.3 is 15.5 Å². The minimum atomic E-state index is -2.72. The molecule has 4 rings (SSSR count). The van der Waals surface area contributed by atoms with Crippen LogP contribution in [0.3, 0.4) is 0 Å². The van der Waals surface area contributed by atoms with Crippen LogP contribution in [0.15, 0.2) is 36.1 Å². The number of allylic oxidation sites excluding steroid dienone is 4. The van der Waals surface area contributed by atoms with Crippen molar-refractivity contribution in [3.8, 4) is 0 Å². The topological polar surface area (TPSA) is 40.2 Å². The second-order valence-electron chi connectivity index (χ2n) is 8.45. The third-order valence-corrected chi connectivity index (χ3v) is 6.17. The van der Waals surface area contributed by atoms with Crippen LogP contribution in [0.5, 0.6) is 0 Å². The molecule has 158 valence electrons. The lowest BCUT2D eigenvalue weighted by atomic mass is 10.0. The number of aryl methyl sites for hydroxylation is 2. The van der Waals surface area contributed by atoms with E-state index in [1.54, 1.807) is 0 Å². The van der Waals surface area contributed by atoms with Crippen LogP contribution in [-0.2, 0) is 12.8 Å². The SMILES string of the molecule is FC1(F)C=CC=C(N(CCCCCc2ccc3c(n2)NCCC3)[C@H]2CCNC2)C1. The fourth-order valence-corrected chi connectivity index (χ4v) is 4.60. The van der Waals surface area contributed by atoms with E-state index in [4.69, 9.17) is 4.98 Å². The number of nitrogens with one attached hydrogen (secondary N) is 2. The van der Waals surface area contributed by atoms with Gasteiger partial charge in [-0.1, -0.05) is 18.6 Å². The Balaban J connectivity index is 1.27. The zero-order valence-corrected chi connectivity index (χ0v) is 17.1. The highest BCUT2D eigenvalue weighted by Gasteiger charge is 2.33. The fourth-order valence-electron chi connectivity index (χ4n) is 4.60. The molecule has 3 heterocycles. The molecule has 1 aromatic heterocycles. The van der Waals surface area contributed by atoms with Gasteiger partial charge in [-0.05, 0) is 68.9 Å². The molecule has 29 heavy (non-hydrogen) atoms. The second-order valence-corrected chi connectivity index (χ2v) is 8.45. The van der Waals surface area contributed by atoms with Crippen LogP contribution < -0.4 is 10.6 Å². The van der Waals surface area contributed by atoms with Crippen LogP contribution >= 0.6 is 0 Å². The van der Waals surface area contributed by atoms with Crippen molar-refractivity contribution < 1.29 is 8.78 Å². The third kappa shape index (κ3) is 5.35. The summed E-state index contributed by atoms with van der Waals surface area (Å²) in [4.78, 5) is 7.00. The molecule has 0 unspecified atom stereocenters. The molecule has 1 fully saturated rings. The largest absolute Gasteiger partial charge is 0.370 e. The summed E-state index contributed by atoms with van der Waals surface area (Å²) in [6, 6.07) is 4.70. The van der Waals surface area contributed by atoms with Crippen molar-refractivity contribution in [3.63, 3.8) is 0 Å². The van der Waals surface area contributed by atoms with E-state index in [9.17, 15) is 8.78 Å². The van der Waals surface area contributed by atoms with E-state index in [1.807, 2.05) is 6.08 Å². The van der Waals surface area contributed by atoms with Gasteiger partial charge in [-0.2, -0.15) is 0 Å². The molecular formula is C23H32F2N4. The van der Waals surface area contributed by atoms with Crippen molar-refractivity contribution in [3.05, 3.63) is 47.3 Å². The number of fused-ring (bicyclic) bond motifs is 1.